The van der Waals surface area contributed by atoms with Crippen LogP contribution in [0.5, 0.6) is 0 Å². The number of anilines is 1. The van der Waals surface area contributed by atoms with Gasteiger partial charge in [0.05, 0.1) is 18.4 Å². The van der Waals surface area contributed by atoms with Crippen molar-refractivity contribution in [3.8, 4) is 0 Å². The first kappa shape index (κ1) is 21.0. The van der Waals surface area contributed by atoms with Gasteiger partial charge in [0.1, 0.15) is 11.6 Å². The summed E-state index contributed by atoms with van der Waals surface area (Å²) in [6.07, 6.45) is 5.77. The number of hydrogen-bond acceptors (Lipinski definition) is 6. The summed E-state index contributed by atoms with van der Waals surface area (Å²) in [7, 11) is -4.25. The van der Waals surface area contributed by atoms with Crippen LogP contribution >= 0.6 is 19.2 Å². The lowest BCUT2D eigenvalue weighted by molar-refractivity contribution is -0.0263. The zero-order valence-corrected chi connectivity index (χ0v) is 17.9. The molecule has 2 fully saturated rings. The van der Waals surface area contributed by atoms with Gasteiger partial charge in [-0.3, -0.25) is 4.57 Å². The van der Waals surface area contributed by atoms with Gasteiger partial charge >= 0.3 is 7.60 Å². The van der Waals surface area contributed by atoms with Crippen molar-refractivity contribution in [2.24, 2.45) is 0 Å². The highest BCUT2D eigenvalue weighted by atomic mass is 35.5. The molecular weight excluding hydrogens is 419 g/mol. The van der Waals surface area contributed by atoms with Gasteiger partial charge in [-0.25, -0.2) is 4.52 Å². The van der Waals surface area contributed by atoms with Crippen molar-refractivity contribution in [1.29, 1.82) is 0 Å². The van der Waals surface area contributed by atoms with Crippen LogP contribution in [0.1, 0.15) is 57.2 Å². The Morgan fingerprint density at radius 3 is 2.83 bits per heavy atom. The molecule has 0 aromatic carbocycles. The number of aromatic nitrogens is 3. The molecule has 11 heteroatoms. The molecule has 0 bridgehead atoms. The van der Waals surface area contributed by atoms with E-state index in [9.17, 15) is 4.57 Å². The highest BCUT2D eigenvalue weighted by Crippen LogP contribution is 2.42. The molecule has 3 heterocycles. The average molecular weight is 445 g/mol. The van der Waals surface area contributed by atoms with Crippen molar-refractivity contribution >= 4 is 30.5 Å². The van der Waals surface area contributed by atoms with Crippen molar-refractivity contribution in [3.63, 3.8) is 0 Å². The number of halogens is 1. The summed E-state index contributed by atoms with van der Waals surface area (Å²) < 4.78 is 24.4. The monoisotopic (exact) mass is 444 g/mol. The van der Waals surface area contributed by atoms with Crippen molar-refractivity contribution < 1.29 is 23.8 Å². The third-order valence-corrected chi connectivity index (χ3v) is 6.90. The standard InChI is InChI=1S/C18H26ClN4O5P/c1-11(29(24,25)26)27-10-13-6-9-16(28-13)14-7-8-15-17(20-12-4-2-3-5-12)21-18(19)22-23(14)15/h7-8,11-13,16H,2-6,9-10H2,1H3,(H,20,21,22)(H2,24,25,26). The molecule has 1 saturated carbocycles. The molecule has 0 spiro atoms. The van der Waals surface area contributed by atoms with E-state index in [0.29, 0.717) is 6.04 Å². The molecule has 29 heavy (non-hydrogen) atoms. The van der Waals surface area contributed by atoms with Crippen LogP contribution in [0.4, 0.5) is 5.82 Å². The Kier molecular flexibility index (Phi) is 6.16. The van der Waals surface area contributed by atoms with Gasteiger partial charge in [-0.1, -0.05) is 12.8 Å². The molecule has 160 valence electrons. The number of ether oxygens (including phenoxy) is 2. The number of rotatable bonds is 7. The molecule has 1 aliphatic heterocycles. The van der Waals surface area contributed by atoms with E-state index in [1.165, 1.54) is 19.8 Å². The lowest BCUT2D eigenvalue weighted by atomic mass is 10.1. The number of nitrogens with one attached hydrogen (secondary N) is 1. The third-order valence-electron chi connectivity index (χ3n) is 5.64. The molecule has 3 unspecified atom stereocenters. The highest BCUT2D eigenvalue weighted by molar-refractivity contribution is 7.52. The van der Waals surface area contributed by atoms with Crippen LogP contribution < -0.4 is 5.32 Å². The molecule has 1 saturated heterocycles. The SMILES string of the molecule is CC(OCC1CCC(c2ccc3c(NC4CCCC4)nc(Cl)nn23)O1)P(=O)(O)O. The number of hydrogen-bond donors (Lipinski definition) is 3. The molecule has 9 nitrogen and oxygen atoms in total. The first-order chi connectivity index (χ1) is 13.8. The zero-order valence-electron chi connectivity index (χ0n) is 16.2. The van der Waals surface area contributed by atoms with Gasteiger partial charge in [0.2, 0.25) is 5.28 Å². The summed E-state index contributed by atoms with van der Waals surface area (Å²) in [6.45, 7) is 1.50. The van der Waals surface area contributed by atoms with E-state index in [4.69, 9.17) is 30.9 Å². The lowest BCUT2D eigenvalue weighted by Gasteiger charge is -2.18. The summed E-state index contributed by atoms with van der Waals surface area (Å²) >= 11 is 6.18. The van der Waals surface area contributed by atoms with E-state index in [0.717, 1.165) is 42.7 Å². The Hall–Kier alpha value is -1.22. The first-order valence-electron chi connectivity index (χ1n) is 9.95. The van der Waals surface area contributed by atoms with E-state index in [-0.39, 0.29) is 24.1 Å². The van der Waals surface area contributed by atoms with Crippen LogP contribution in [0.25, 0.3) is 5.52 Å². The van der Waals surface area contributed by atoms with Gasteiger partial charge in [0, 0.05) is 6.04 Å². The molecule has 0 radical (unpaired) electrons. The van der Waals surface area contributed by atoms with E-state index < -0.39 is 13.4 Å². The minimum absolute atomic E-state index is 0.135. The fraction of sp³-hybridized carbons (Fsp3) is 0.667. The maximum absolute atomic E-state index is 11.2. The second-order valence-electron chi connectivity index (χ2n) is 7.76. The second kappa shape index (κ2) is 8.49. The van der Waals surface area contributed by atoms with Crippen LogP contribution in [0.15, 0.2) is 12.1 Å². The van der Waals surface area contributed by atoms with Crippen molar-refractivity contribution in [2.45, 2.75) is 69.5 Å². The van der Waals surface area contributed by atoms with Crippen LogP contribution in [0.3, 0.4) is 0 Å². The molecule has 4 rings (SSSR count). The quantitative estimate of drug-likeness (QED) is 0.555. The smallest absolute Gasteiger partial charge is 0.353 e. The maximum Gasteiger partial charge on any atom is 0.353 e. The summed E-state index contributed by atoms with van der Waals surface area (Å²) in [5.74, 6) is -0.411. The molecule has 2 aromatic rings. The third kappa shape index (κ3) is 4.76. The van der Waals surface area contributed by atoms with Gasteiger partial charge in [0.15, 0.2) is 11.7 Å². The number of fused-ring (bicyclic) bond motifs is 1. The van der Waals surface area contributed by atoms with Crippen molar-refractivity contribution in [3.05, 3.63) is 23.1 Å². The molecule has 0 amide bonds. The molecule has 1 aliphatic carbocycles. The highest BCUT2D eigenvalue weighted by Gasteiger charge is 2.32. The fourth-order valence-electron chi connectivity index (χ4n) is 3.99. The van der Waals surface area contributed by atoms with Crippen molar-refractivity contribution in [1.82, 2.24) is 14.6 Å². The minimum atomic E-state index is -4.25. The molecule has 3 atom stereocenters. The van der Waals surface area contributed by atoms with E-state index >= 15 is 0 Å². The largest absolute Gasteiger partial charge is 0.366 e. The second-order valence-corrected chi connectivity index (χ2v) is 10.00. The molecule has 3 N–H and O–H groups in total. The van der Waals surface area contributed by atoms with E-state index in [1.54, 1.807) is 4.52 Å². The summed E-state index contributed by atoms with van der Waals surface area (Å²) in [5, 5.41) is 8.03. The van der Waals surface area contributed by atoms with Crippen LogP contribution in [-0.4, -0.2) is 49.0 Å². The molecular formula is C18H26ClN4O5P. The van der Waals surface area contributed by atoms with Gasteiger partial charge in [0.25, 0.3) is 0 Å². The van der Waals surface area contributed by atoms with Crippen molar-refractivity contribution in [2.75, 3.05) is 11.9 Å². The Morgan fingerprint density at radius 2 is 2.10 bits per heavy atom. The van der Waals surface area contributed by atoms with E-state index in [2.05, 4.69) is 15.4 Å². The normalized spacial score (nSPS) is 24.4. The van der Waals surface area contributed by atoms with Crippen LogP contribution in [0, 0.1) is 0 Å². The molecule has 2 aliphatic rings. The topological polar surface area (TPSA) is 118 Å². The Bertz CT molecular complexity index is 913. The Balaban J connectivity index is 1.47. The molecule has 2 aromatic heterocycles. The predicted molar refractivity (Wildman–Crippen MR) is 108 cm³/mol. The first-order valence-corrected chi connectivity index (χ1v) is 12.0. The van der Waals surface area contributed by atoms with Crippen LogP contribution in [0.2, 0.25) is 5.28 Å². The average Bonchev–Trinajstić information content (AvgIpc) is 3.39. The van der Waals surface area contributed by atoms with E-state index in [1.807, 2.05) is 12.1 Å². The summed E-state index contributed by atoms with van der Waals surface area (Å²) in [6, 6.07) is 4.33. The summed E-state index contributed by atoms with van der Waals surface area (Å²) in [5.41, 5.74) is 1.74. The number of nitrogens with zero attached hydrogens (tertiary/aromatic N) is 3. The Labute approximate surface area is 173 Å². The van der Waals surface area contributed by atoms with Gasteiger partial charge in [-0.05, 0) is 56.3 Å². The maximum atomic E-state index is 11.2. The lowest BCUT2D eigenvalue weighted by Crippen LogP contribution is -2.20. The van der Waals surface area contributed by atoms with Gasteiger partial charge in [-0.2, -0.15) is 4.98 Å². The van der Waals surface area contributed by atoms with Crippen LogP contribution in [-0.2, 0) is 14.0 Å². The predicted octanol–water partition coefficient (Wildman–Crippen LogP) is 3.50. The van der Waals surface area contributed by atoms with Gasteiger partial charge in [-0.15, -0.1) is 5.10 Å². The minimum Gasteiger partial charge on any atom is -0.366 e. The fourth-order valence-corrected chi connectivity index (χ4v) is 4.43. The van der Waals surface area contributed by atoms with Gasteiger partial charge < -0.3 is 24.6 Å². The zero-order chi connectivity index (χ0) is 20.6. The Morgan fingerprint density at radius 1 is 1.34 bits per heavy atom. The summed E-state index contributed by atoms with van der Waals surface area (Å²) in [4.78, 5) is 22.7.